The largest absolute Gasteiger partial charge is 0.480 e. The SMILES string of the molecule is CCC1CCC(C(=O)O)(N2CCCC2)CC1. The van der Waals surface area contributed by atoms with E-state index in [4.69, 9.17) is 0 Å². The van der Waals surface area contributed by atoms with Gasteiger partial charge in [-0.25, -0.2) is 0 Å². The Labute approximate surface area is 97.8 Å². The van der Waals surface area contributed by atoms with Crippen LogP contribution in [0.2, 0.25) is 0 Å². The summed E-state index contributed by atoms with van der Waals surface area (Å²) in [5.74, 6) is 0.180. The van der Waals surface area contributed by atoms with Crippen molar-refractivity contribution in [1.29, 1.82) is 0 Å². The Morgan fingerprint density at radius 2 is 1.88 bits per heavy atom. The van der Waals surface area contributed by atoms with Gasteiger partial charge >= 0.3 is 5.97 Å². The molecule has 2 fully saturated rings. The van der Waals surface area contributed by atoms with Crippen LogP contribution in [0, 0.1) is 5.92 Å². The normalized spacial score (nSPS) is 36.4. The lowest BCUT2D eigenvalue weighted by Crippen LogP contribution is -2.55. The van der Waals surface area contributed by atoms with Crippen LogP contribution in [-0.2, 0) is 4.79 Å². The van der Waals surface area contributed by atoms with Crippen LogP contribution < -0.4 is 0 Å². The van der Waals surface area contributed by atoms with Crippen LogP contribution >= 0.6 is 0 Å². The molecule has 0 aromatic rings. The van der Waals surface area contributed by atoms with Crippen LogP contribution in [-0.4, -0.2) is 34.6 Å². The minimum atomic E-state index is -0.580. The summed E-state index contributed by atoms with van der Waals surface area (Å²) in [5.41, 5.74) is -0.512. The van der Waals surface area contributed by atoms with Gasteiger partial charge in [-0.05, 0) is 57.5 Å². The Kier molecular flexibility index (Phi) is 3.53. The van der Waals surface area contributed by atoms with Gasteiger partial charge in [0.15, 0.2) is 0 Å². The van der Waals surface area contributed by atoms with Crippen molar-refractivity contribution >= 4 is 5.97 Å². The topological polar surface area (TPSA) is 40.5 Å². The molecule has 0 bridgehead atoms. The van der Waals surface area contributed by atoms with Crippen molar-refractivity contribution in [3.8, 4) is 0 Å². The second kappa shape index (κ2) is 4.74. The summed E-state index contributed by atoms with van der Waals surface area (Å²) < 4.78 is 0. The number of nitrogens with zero attached hydrogens (tertiary/aromatic N) is 1. The second-order valence-corrected chi connectivity index (χ2v) is 5.38. The molecule has 0 atom stereocenters. The first-order valence-corrected chi connectivity index (χ1v) is 6.67. The van der Waals surface area contributed by atoms with E-state index in [2.05, 4.69) is 11.8 Å². The molecule has 0 radical (unpaired) electrons. The Balaban J connectivity index is 2.08. The van der Waals surface area contributed by atoms with Gasteiger partial charge in [0.25, 0.3) is 0 Å². The summed E-state index contributed by atoms with van der Waals surface area (Å²) in [6.07, 6.45) is 7.47. The van der Waals surface area contributed by atoms with Gasteiger partial charge in [0.2, 0.25) is 0 Å². The van der Waals surface area contributed by atoms with E-state index in [-0.39, 0.29) is 0 Å². The molecule has 3 nitrogen and oxygen atoms in total. The summed E-state index contributed by atoms with van der Waals surface area (Å²) in [4.78, 5) is 13.9. The molecule has 0 aromatic heterocycles. The van der Waals surface area contributed by atoms with Gasteiger partial charge in [-0.15, -0.1) is 0 Å². The zero-order chi connectivity index (χ0) is 11.6. The van der Waals surface area contributed by atoms with Crippen LogP contribution in [0.5, 0.6) is 0 Å². The average Bonchev–Trinajstić information content (AvgIpc) is 2.82. The molecule has 1 saturated heterocycles. The van der Waals surface area contributed by atoms with Gasteiger partial charge < -0.3 is 5.11 Å². The number of hydrogen-bond acceptors (Lipinski definition) is 2. The van der Waals surface area contributed by atoms with E-state index in [0.29, 0.717) is 0 Å². The Hall–Kier alpha value is -0.570. The number of aliphatic carboxylic acids is 1. The van der Waals surface area contributed by atoms with E-state index in [1.807, 2.05) is 0 Å². The molecule has 1 aliphatic carbocycles. The Morgan fingerprint density at radius 1 is 1.31 bits per heavy atom. The maximum absolute atomic E-state index is 11.6. The summed E-state index contributed by atoms with van der Waals surface area (Å²) in [6, 6.07) is 0. The fraction of sp³-hybridized carbons (Fsp3) is 0.923. The van der Waals surface area contributed by atoms with Gasteiger partial charge in [0.05, 0.1) is 0 Å². The van der Waals surface area contributed by atoms with Gasteiger partial charge in [-0.1, -0.05) is 13.3 Å². The summed E-state index contributed by atoms with van der Waals surface area (Å²) in [6.45, 7) is 4.19. The lowest BCUT2D eigenvalue weighted by atomic mass is 9.74. The van der Waals surface area contributed by atoms with Gasteiger partial charge in [0.1, 0.15) is 5.54 Å². The van der Waals surface area contributed by atoms with Crippen LogP contribution in [0.3, 0.4) is 0 Å². The van der Waals surface area contributed by atoms with Gasteiger partial charge in [0, 0.05) is 0 Å². The fourth-order valence-corrected chi connectivity index (χ4v) is 3.37. The molecule has 16 heavy (non-hydrogen) atoms. The van der Waals surface area contributed by atoms with E-state index < -0.39 is 11.5 Å². The third-order valence-electron chi connectivity index (χ3n) is 4.62. The van der Waals surface area contributed by atoms with Crippen molar-refractivity contribution in [2.75, 3.05) is 13.1 Å². The van der Waals surface area contributed by atoms with Crippen LogP contribution in [0.15, 0.2) is 0 Å². The lowest BCUT2D eigenvalue weighted by Gasteiger charge is -2.43. The van der Waals surface area contributed by atoms with Crippen molar-refractivity contribution < 1.29 is 9.90 Å². The molecule has 2 aliphatic rings. The number of carboxylic acid groups (broad SMARTS) is 1. The molecular weight excluding hydrogens is 202 g/mol. The van der Waals surface area contributed by atoms with Crippen molar-refractivity contribution in [2.45, 2.75) is 57.4 Å². The highest BCUT2D eigenvalue weighted by Gasteiger charge is 2.46. The van der Waals surface area contributed by atoms with Crippen LogP contribution in [0.1, 0.15) is 51.9 Å². The predicted molar refractivity (Wildman–Crippen MR) is 63.4 cm³/mol. The van der Waals surface area contributed by atoms with Crippen molar-refractivity contribution in [1.82, 2.24) is 4.90 Å². The molecule has 1 N–H and O–H groups in total. The molecule has 2 rings (SSSR count). The zero-order valence-electron chi connectivity index (χ0n) is 10.2. The van der Waals surface area contributed by atoms with Crippen molar-refractivity contribution in [3.05, 3.63) is 0 Å². The molecule has 3 heteroatoms. The molecule has 0 unspecified atom stereocenters. The first kappa shape index (κ1) is 11.9. The maximum Gasteiger partial charge on any atom is 0.324 e. The molecule has 1 saturated carbocycles. The molecule has 1 aliphatic heterocycles. The zero-order valence-corrected chi connectivity index (χ0v) is 10.2. The number of hydrogen-bond donors (Lipinski definition) is 1. The molecule has 0 aromatic carbocycles. The lowest BCUT2D eigenvalue weighted by molar-refractivity contribution is -0.154. The van der Waals surface area contributed by atoms with E-state index in [0.717, 1.165) is 44.7 Å². The van der Waals surface area contributed by atoms with Crippen LogP contribution in [0.25, 0.3) is 0 Å². The van der Waals surface area contributed by atoms with Gasteiger partial charge in [-0.2, -0.15) is 0 Å². The van der Waals surface area contributed by atoms with E-state index in [1.165, 1.54) is 19.3 Å². The van der Waals surface area contributed by atoms with E-state index in [9.17, 15) is 9.90 Å². The first-order chi connectivity index (χ1) is 7.69. The highest BCUT2D eigenvalue weighted by Crippen LogP contribution is 2.39. The highest BCUT2D eigenvalue weighted by atomic mass is 16.4. The number of carboxylic acids is 1. The monoisotopic (exact) mass is 225 g/mol. The Bertz CT molecular complexity index is 251. The molecule has 0 spiro atoms. The Morgan fingerprint density at radius 3 is 2.31 bits per heavy atom. The molecule has 0 amide bonds. The summed E-state index contributed by atoms with van der Waals surface area (Å²) in [7, 11) is 0. The summed E-state index contributed by atoms with van der Waals surface area (Å²) in [5, 5.41) is 9.57. The second-order valence-electron chi connectivity index (χ2n) is 5.38. The van der Waals surface area contributed by atoms with Crippen molar-refractivity contribution in [2.24, 2.45) is 5.92 Å². The summed E-state index contributed by atoms with van der Waals surface area (Å²) >= 11 is 0. The molecule has 1 heterocycles. The molecule has 92 valence electrons. The quantitative estimate of drug-likeness (QED) is 0.802. The van der Waals surface area contributed by atoms with Gasteiger partial charge in [-0.3, -0.25) is 9.69 Å². The highest BCUT2D eigenvalue weighted by molar-refractivity contribution is 5.79. The van der Waals surface area contributed by atoms with E-state index >= 15 is 0 Å². The van der Waals surface area contributed by atoms with E-state index in [1.54, 1.807) is 0 Å². The molecular formula is C13H23NO2. The minimum Gasteiger partial charge on any atom is -0.480 e. The number of carbonyl (C=O) groups is 1. The fourth-order valence-electron chi connectivity index (χ4n) is 3.37. The maximum atomic E-state index is 11.6. The number of rotatable bonds is 3. The third-order valence-corrected chi connectivity index (χ3v) is 4.62. The predicted octanol–water partition coefficient (Wildman–Crippen LogP) is 2.51. The standard InChI is InChI=1S/C13H23NO2/c1-2-11-5-7-13(8-6-11,12(15)16)14-9-3-4-10-14/h11H,2-10H2,1H3,(H,15,16). The number of likely N-dealkylation sites (tertiary alicyclic amines) is 1. The van der Waals surface area contributed by atoms with Crippen LogP contribution in [0.4, 0.5) is 0 Å². The minimum absolute atomic E-state index is 0.512. The van der Waals surface area contributed by atoms with Crippen molar-refractivity contribution in [3.63, 3.8) is 0 Å². The first-order valence-electron chi connectivity index (χ1n) is 6.67. The smallest absolute Gasteiger partial charge is 0.324 e. The third kappa shape index (κ3) is 1.97. The average molecular weight is 225 g/mol.